The Hall–Kier alpha value is -1.55. The minimum absolute atomic E-state index is 0.288. The smallest absolute Gasteiger partial charge is 0.303 e. The predicted molar refractivity (Wildman–Crippen MR) is 82.5 cm³/mol. The first kappa shape index (κ1) is 15.8. The van der Waals surface area contributed by atoms with Crippen molar-refractivity contribution in [1.82, 2.24) is 4.90 Å². The number of piperidine rings is 1. The topological polar surface area (TPSA) is 49.8 Å². The van der Waals surface area contributed by atoms with E-state index >= 15 is 0 Å². The van der Waals surface area contributed by atoms with E-state index in [-0.39, 0.29) is 12.3 Å². The molecule has 2 rings (SSSR count). The van der Waals surface area contributed by atoms with Crippen LogP contribution in [0.5, 0.6) is 5.75 Å². The molecule has 0 aromatic heterocycles. The average Bonchev–Trinajstić information content (AvgIpc) is 2.45. The number of aliphatic carboxylic acids is 1. The van der Waals surface area contributed by atoms with E-state index in [1.807, 2.05) is 12.1 Å². The lowest BCUT2D eigenvalue weighted by Gasteiger charge is -2.32. The summed E-state index contributed by atoms with van der Waals surface area (Å²) in [7, 11) is 0. The van der Waals surface area contributed by atoms with Gasteiger partial charge in [-0.25, -0.2) is 0 Å². The van der Waals surface area contributed by atoms with Crippen LogP contribution < -0.4 is 4.74 Å². The van der Waals surface area contributed by atoms with E-state index in [1.54, 1.807) is 0 Å². The molecule has 1 aliphatic rings. The first-order valence-corrected chi connectivity index (χ1v) is 7.83. The third-order valence-corrected chi connectivity index (χ3v) is 3.84. The van der Waals surface area contributed by atoms with Crippen LogP contribution in [0.4, 0.5) is 0 Å². The summed E-state index contributed by atoms with van der Waals surface area (Å²) >= 11 is 0. The number of rotatable bonds is 7. The Morgan fingerprint density at radius 3 is 3.10 bits per heavy atom. The van der Waals surface area contributed by atoms with Gasteiger partial charge >= 0.3 is 5.97 Å². The highest BCUT2D eigenvalue weighted by atomic mass is 16.5. The zero-order valence-corrected chi connectivity index (χ0v) is 12.8. The molecule has 1 unspecified atom stereocenters. The van der Waals surface area contributed by atoms with Crippen LogP contribution in [0.2, 0.25) is 0 Å². The summed E-state index contributed by atoms with van der Waals surface area (Å²) in [4.78, 5) is 13.2. The molecule has 0 amide bonds. The zero-order chi connectivity index (χ0) is 15.1. The molecular formula is C17H25NO3. The van der Waals surface area contributed by atoms with Gasteiger partial charge in [-0.15, -0.1) is 0 Å². The predicted octanol–water partition coefficient (Wildman–Crippen LogP) is 3.16. The zero-order valence-electron chi connectivity index (χ0n) is 12.8. The van der Waals surface area contributed by atoms with Gasteiger partial charge in [0, 0.05) is 19.5 Å². The summed E-state index contributed by atoms with van der Waals surface area (Å²) in [5.74, 6) is 0.529. The van der Waals surface area contributed by atoms with Gasteiger partial charge in [0.05, 0.1) is 6.61 Å². The van der Waals surface area contributed by atoms with Crippen molar-refractivity contribution < 1.29 is 14.6 Å². The second kappa shape index (κ2) is 8.03. The summed E-state index contributed by atoms with van der Waals surface area (Å²) in [6.45, 7) is 5.65. The van der Waals surface area contributed by atoms with E-state index in [1.165, 1.54) is 5.56 Å². The standard InChI is InChI=1S/C17H25NO3/c1-2-9-21-16-7-3-5-14(10-16)12-18-8-4-6-15(13-18)11-17(19)20/h3,5,7,10,15H,2,4,6,8-9,11-13H2,1H3,(H,19,20). The molecule has 0 radical (unpaired) electrons. The Kier molecular flexibility index (Phi) is 6.05. The first-order chi connectivity index (χ1) is 10.2. The molecule has 4 heteroatoms. The van der Waals surface area contributed by atoms with Crippen LogP contribution in [0.3, 0.4) is 0 Å². The molecule has 21 heavy (non-hydrogen) atoms. The minimum atomic E-state index is -0.684. The van der Waals surface area contributed by atoms with Crippen LogP contribution in [0.15, 0.2) is 24.3 Å². The van der Waals surface area contributed by atoms with E-state index < -0.39 is 5.97 Å². The molecule has 1 atom stereocenters. The van der Waals surface area contributed by atoms with E-state index in [0.717, 1.165) is 51.3 Å². The number of carbonyl (C=O) groups is 1. The second-order valence-electron chi connectivity index (χ2n) is 5.84. The van der Waals surface area contributed by atoms with E-state index in [4.69, 9.17) is 9.84 Å². The lowest BCUT2D eigenvalue weighted by atomic mass is 9.94. The fourth-order valence-corrected chi connectivity index (χ4v) is 2.92. The van der Waals surface area contributed by atoms with Gasteiger partial charge in [-0.05, 0) is 49.4 Å². The third-order valence-electron chi connectivity index (χ3n) is 3.84. The quantitative estimate of drug-likeness (QED) is 0.838. The van der Waals surface area contributed by atoms with Gasteiger partial charge in [0.25, 0.3) is 0 Å². The minimum Gasteiger partial charge on any atom is -0.494 e. The molecular weight excluding hydrogens is 266 g/mol. The molecule has 0 spiro atoms. The number of hydrogen-bond donors (Lipinski definition) is 1. The van der Waals surface area contributed by atoms with Gasteiger partial charge in [-0.3, -0.25) is 9.69 Å². The van der Waals surface area contributed by atoms with E-state index in [0.29, 0.717) is 0 Å². The molecule has 1 fully saturated rings. The molecule has 1 aromatic rings. The van der Waals surface area contributed by atoms with Gasteiger partial charge in [-0.2, -0.15) is 0 Å². The molecule has 0 bridgehead atoms. The molecule has 116 valence electrons. The maximum atomic E-state index is 10.8. The van der Waals surface area contributed by atoms with Crippen molar-refractivity contribution in [2.75, 3.05) is 19.7 Å². The Morgan fingerprint density at radius 2 is 2.33 bits per heavy atom. The van der Waals surface area contributed by atoms with Crippen LogP contribution in [0.25, 0.3) is 0 Å². The van der Waals surface area contributed by atoms with Crippen molar-refractivity contribution in [3.8, 4) is 5.75 Å². The van der Waals surface area contributed by atoms with Crippen molar-refractivity contribution in [2.45, 2.75) is 39.2 Å². The molecule has 4 nitrogen and oxygen atoms in total. The Bertz CT molecular complexity index is 461. The molecule has 0 saturated carbocycles. The van der Waals surface area contributed by atoms with Crippen molar-refractivity contribution in [3.63, 3.8) is 0 Å². The fraction of sp³-hybridized carbons (Fsp3) is 0.588. The number of hydrogen-bond acceptors (Lipinski definition) is 3. The summed E-state index contributed by atoms with van der Waals surface area (Å²) in [5, 5.41) is 8.93. The van der Waals surface area contributed by atoms with Crippen molar-refractivity contribution in [1.29, 1.82) is 0 Å². The highest BCUT2D eigenvalue weighted by molar-refractivity contribution is 5.67. The van der Waals surface area contributed by atoms with Crippen LogP contribution in [-0.4, -0.2) is 35.7 Å². The lowest BCUT2D eigenvalue weighted by Crippen LogP contribution is -2.35. The highest BCUT2D eigenvalue weighted by Crippen LogP contribution is 2.22. The van der Waals surface area contributed by atoms with Gasteiger partial charge in [0.15, 0.2) is 0 Å². The summed E-state index contributed by atoms with van der Waals surface area (Å²) in [6, 6.07) is 8.22. The number of carboxylic acid groups (broad SMARTS) is 1. The maximum Gasteiger partial charge on any atom is 0.303 e. The average molecular weight is 291 g/mol. The van der Waals surface area contributed by atoms with Crippen LogP contribution in [-0.2, 0) is 11.3 Å². The van der Waals surface area contributed by atoms with Crippen molar-refractivity contribution in [2.24, 2.45) is 5.92 Å². The lowest BCUT2D eigenvalue weighted by molar-refractivity contribution is -0.138. The van der Waals surface area contributed by atoms with Gasteiger partial charge < -0.3 is 9.84 Å². The van der Waals surface area contributed by atoms with Crippen LogP contribution in [0.1, 0.15) is 38.2 Å². The molecule has 1 heterocycles. The molecule has 1 aliphatic heterocycles. The fourth-order valence-electron chi connectivity index (χ4n) is 2.92. The first-order valence-electron chi connectivity index (χ1n) is 7.83. The monoisotopic (exact) mass is 291 g/mol. The number of likely N-dealkylation sites (tertiary alicyclic amines) is 1. The Labute approximate surface area is 126 Å². The summed E-state index contributed by atoms with van der Waals surface area (Å²) in [6.07, 6.45) is 3.41. The molecule has 1 aromatic carbocycles. The van der Waals surface area contributed by atoms with Gasteiger partial charge in [0.2, 0.25) is 0 Å². The SMILES string of the molecule is CCCOc1cccc(CN2CCCC(CC(=O)O)C2)c1. The second-order valence-corrected chi connectivity index (χ2v) is 5.84. The Balaban J connectivity index is 1.89. The Morgan fingerprint density at radius 1 is 1.48 bits per heavy atom. The highest BCUT2D eigenvalue weighted by Gasteiger charge is 2.22. The summed E-state index contributed by atoms with van der Waals surface area (Å²) in [5.41, 5.74) is 1.24. The normalized spacial score (nSPS) is 19.4. The van der Waals surface area contributed by atoms with Gasteiger partial charge in [0.1, 0.15) is 5.75 Å². The van der Waals surface area contributed by atoms with Gasteiger partial charge in [-0.1, -0.05) is 19.1 Å². The summed E-state index contributed by atoms with van der Waals surface area (Å²) < 4.78 is 5.66. The number of benzene rings is 1. The van der Waals surface area contributed by atoms with Crippen LogP contribution >= 0.6 is 0 Å². The van der Waals surface area contributed by atoms with Crippen LogP contribution in [0, 0.1) is 5.92 Å². The number of carboxylic acids is 1. The molecule has 1 saturated heterocycles. The molecule has 1 N–H and O–H groups in total. The number of ether oxygens (including phenoxy) is 1. The number of nitrogens with zero attached hydrogens (tertiary/aromatic N) is 1. The largest absolute Gasteiger partial charge is 0.494 e. The van der Waals surface area contributed by atoms with E-state index in [2.05, 4.69) is 24.0 Å². The third kappa shape index (κ3) is 5.38. The maximum absolute atomic E-state index is 10.8. The van der Waals surface area contributed by atoms with Crippen molar-refractivity contribution >= 4 is 5.97 Å². The molecule has 0 aliphatic carbocycles. The van der Waals surface area contributed by atoms with Crippen molar-refractivity contribution in [3.05, 3.63) is 29.8 Å². The van der Waals surface area contributed by atoms with E-state index in [9.17, 15) is 4.79 Å².